The van der Waals surface area contributed by atoms with E-state index in [0.717, 1.165) is 29.9 Å². The summed E-state index contributed by atoms with van der Waals surface area (Å²) in [5.74, 6) is 0.370. The van der Waals surface area contributed by atoms with Crippen LogP contribution in [0.1, 0.15) is 18.1 Å². The lowest BCUT2D eigenvalue weighted by molar-refractivity contribution is -0.138. The molecule has 5 heteroatoms. The maximum atomic E-state index is 11.5. The number of esters is 1. The molecule has 2 aromatic rings. The largest absolute Gasteiger partial charge is 0.493 e. The first kappa shape index (κ1) is 17.6. The Hall–Kier alpha value is -3.26. The Morgan fingerprint density at radius 3 is 2.77 bits per heavy atom. The van der Waals surface area contributed by atoms with Crippen molar-refractivity contribution in [2.75, 3.05) is 13.2 Å². The molecule has 1 aliphatic heterocycles. The molecule has 2 aromatic carbocycles. The van der Waals surface area contributed by atoms with Crippen LogP contribution in [0.4, 0.5) is 0 Å². The predicted octanol–water partition coefficient (Wildman–Crippen LogP) is 3.35. The number of carbonyl (C=O) groups is 1. The van der Waals surface area contributed by atoms with E-state index in [2.05, 4.69) is 29.6 Å². The van der Waals surface area contributed by atoms with Crippen molar-refractivity contribution in [1.82, 2.24) is 5.32 Å². The van der Waals surface area contributed by atoms with Gasteiger partial charge in [0, 0.05) is 19.2 Å². The number of fused-ring (bicyclic) bond motifs is 1. The fourth-order valence-corrected chi connectivity index (χ4v) is 2.80. The van der Waals surface area contributed by atoms with E-state index in [1.54, 1.807) is 6.92 Å². The van der Waals surface area contributed by atoms with Crippen molar-refractivity contribution in [3.05, 3.63) is 65.4 Å². The highest BCUT2D eigenvalue weighted by Gasteiger charge is 2.12. The van der Waals surface area contributed by atoms with Gasteiger partial charge in [-0.15, -0.1) is 0 Å². The first-order valence-electron chi connectivity index (χ1n) is 8.57. The topological polar surface area (TPSA) is 71.4 Å². The van der Waals surface area contributed by atoms with Crippen LogP contribution in [0.25, 0.3) is 11.1 Å². The second-order valence-corrected chi connectivity index (χ2v) is 5.89. The fraction of sp³-hybridized carbons (Fsp3) is 0.238. The molecule has 1 aliphatic rings. The number of hydrogen-bond donors (Lipinski definition) is 1. The number of ether oxygens (including phenoxy) is 2. The first-order valence-corrected chi connectivity index (χ1v) is 8.57. The number of nitrogens with zero attached hydrogens (tertiary/aromatic N) is 1. The Balaban J connectivity index is 1.63. The number of nitrogens with one attached hydrogen (secondary N) is 1. The van der Waals surface area contributed by atoms with Crippen LogP contribution in [-0.4, -0.2) is 19.2 Å². The third-order valence-corrected chi connectivity index (χ3v) is 4.15. The van der Waals surface area contributed by atoms with Crippen LogP contribution in [0.5, 0.6) is 5.75 Å². The highest BCUT2D eigenvalue weighted by atomic mass is 16.5. The van der Waals surface area contributed by atoms with Gasteiger partial charge in [-0.3, -0.25) is 0 Å². The summed E-state index contributed by atoms with van der Waals surface area (Å²) in [4.78, 5) is 11.5. The van der Waals surface area contributed by atoms with Crippen LogP contribution in [-0.2, 0) is 22.5 Å². The van der Waals surface area contributed by atoms with Gasteiger partial charge < -0.3 is 14.8 Å². The summed E-state index contributed by atoms with van der Waals surface area (Å²) in [6, 6.07) is 16.3. The summed E-state index contributed by atoms with van der Waals surface area (Å²) >= 11 is 0. The average Bonchev–Trinajstić information content (AvgIpc) is 3.13. The Bertz CT molecular complexity index is 864. The summed E-state index contributed by atoms with van der Waals surface area (Å²) in [5.41, 5.74) is 4.58. The van der Waals surface area contributed by atoms with Crippen molar-refractivity contribution in [2.45, 2.75) is 19.9 Å². The zero-order valence-corrected chi connectivity index (χ0v) is 14.6. The summed E-state index contributed by atoms with van der Waals surface area (Å²) < 4.78 is 10.4. The van der Waals surface area contributed by atoms with Gasteiger partial charge in [0.1, 0.15) is 11.8 Å². The van der Waals surface area contributed by atoms with Crippen molar-refractivity contribution in [1.29, 1.82) is 5.26 Å². The third-order valence-electron chi connectivity index (χ3n) is 4.15. The molecule has 26 heavy (non-hydrogen) atoms. The molecule has 0 saturated carbocycles. The van der Waals surface area contributed by atoms with Crippen molar-refractivity contribution < 1.29 is 14.3 Å². The Morgan fingerprint density at radius 1 is 1.27 bits per heavy atom. The van der Waals surface area contributed by atoms with Crippen LogP contribution in [0, 0.1) is 11.3 Å². The van der Waals surface area contributed by atoms with E-state index in [1.165, 1.54) is 17.3 Å². The molecule has 0 fully saturated rings. The van der Waals surface area contributed by atoms with Crippen LogP contribution in [0.15, 0.2) is 54.2 Å². The van der Waals surface area contributed by atoms with E-state index in [1.807, 2.05) is 24.3 Å². The minimum Gasteiger partial charge on any atom is -0.493 e. The maximum Gasteiger partial charge on any atom is 0.350 e. The predicted molar refractivity (Wildman–Crippen MR) is 98.2 cm³/mol. The Morgan fingerprint density at radius 2 is 2.04 bits per heavy atom. The molecular weight excluding hydrogens is 328 g/mol. The van der Waals surface area contributed by atoms with Gasteiger partial charge >= 0.3 is 5.97 Å². The van der Waals surface area contributed by atoms with Gasteiger partial charge in [-0.05, 0) is 41.3 Å². The van der Waals surface area contributed by atoms with E-state index in [0.29, 0.717) is 6.54 Å². The van der Waals surface area contributed by atoms with Gasteiger partial charge in [0.05, 0.1) is 13.2 Å². The summed E-state index contributed by atoms with van der Waals surface area (Å²) in [7, 11) is 0. The van der Waals surface area contributed by atoms with Crippen molar-refractivity contribution in [2.24, 2.45) is 0 Å². The minimum atomic E-state index is -0.613. The van der Waals surface area contributed by atoms with Gasteiger partial charge in [-0.2, -0.15) is 5.26 Å². The highest BCUT2D eigenvalue weighted by molar-refractivity contribution is 5.92. The van der Waals surface area contributed by atoms with E-state index in [-0.39, 0.29) is 12.2 Å². The number of rotatable bonds is 6. The average molecular weight is 348 g/mol. The standard InChI is InChI=1S/C21H20N2O3/c1-2-25-21(24)19(12-22)14-23-13-15-3-5-16(6-4-15)17-7-8-20-18(11-17)9-10-26-20/h3-8,11,14,23H,2,9-10,13H2,1H3. The van der Waals surface area contributed by atoms with Crippen LogP contribution in [0.2, 0.25) is 0 Å². The molecular formula is C21H20N2O3. The quantitative estimate of drug-likeness (QED) is 0.492. The molecule has 0 saturated heterocycles. The zero-order valence-electron chi connectivity index (χ0n) is 14.6. The molecule has 0 aromatic heterocycles. The molecule has 0 bridgehead atoms. The molecule has 0 radical (unpaired) electrons. The monoisotopic (exact) mass is 348 g/mol. The molecule has 1 heterocycles. The van der Waals surface area contributed by atoms with Gasteiger partial charge in [0.25, 0.3) is 0 Å². The van der Waals surface area contributed by atoms with Crippen LogP contribution < -0.4 is 10.1 Å². The molecule has 0 aliphatic carbocycles. The smallest absolute Gasteiger partial charge is 0.350 e. The number of hydrogen-bond acceptors (Lipinski definition) is 5. The Kier molecular flexibility index (Phi) is 5.55. The SMILES string of the molecule is CCOC(=O)C(C#N)=CNCc1ccc(-c2ccc3c(c2)CCO3)cc1. The normalized spacial score (nSPS) is 12.7. The van der Waals surface area contributed by atoms with Gasteiger partial charge in [-0.25, -0.2) is 4.79 Å². The molecule has 5 nitrogen and oxygen atoms in total. The summed E-state index contributed by atoms with van der Waals surface area (Å²) in [6.45, 7) is 3.22. The second kappa shape index (κ2) is 8.21. The first-order chi connectivity index (χ1) is 12.7. The lowest BCUT2D eigenvalue weighted by Crippen LogP contribution is -2.12. The van der Waals surface area contributed by atoms with Gasteiger partial charge in [-0.1, -0.05) is 30.3 Å². The number of carbonyl (C=O) groups excluding carboxylic acids is 1. The van der Waals surface area contributed by atoms with E-state index in [9.17, 15) is 4.79 Å². The molecule has 132 valence electrons. The molecule has 0 spiro atoms. The van der Waals surface area contributed by atoms with Crippen LogP contribution in [0.3, 0.4) is 0 Å². The van der Waals surface area contributed by atoms with Crippen molar-refractivity contribution in [3.63, 3.8) is 0 Å². The molecule has 0 atom stereocenters. The van der Waals surface area contributed by atoms with E-state index in [4.69, 9.17) is 14.7 Å². The zero-order chi connectivity index (χ0) is 18.4. The lowest BCUT2D eigenvalue weighted by atomic mass is 10.0. The maximum absolute atomic E-state index is 11.5. The van der Waals surface area contributed by atoms with Gasteiger partial charge in [0.15, 0.2) is 5.57 Å². The van der Waals surface area contributed by atoms with Crippen molar-refractivity contribution in [3.8, 4) is 22.9 Å². The number of nitriles is 1. The van der Waals surface area contributed by atoms with E-state index < -0.39 is 5.97 Å². The number of benzene rings is 2. The molecule has 1 N–H and O–H groups in total. The van der Waals surface area contributed by atoms with Crippen LogP contribution >= 0.6 is 0 Å². The third kappa shape index (κ3) is 4.04. The lowest BCUT2D eigenvalue weighted by Gasteiger charge is -2.07. The van der Waals surface area contributed by atoms with Crippen molar-refractivity contribution >= 4 is 5.97 Å². The molecule has 3 rings (SSSR count). The highest BCUT2D eigenvalue weighted by Crippen LogP contribution is 2.30. The summed E-state index contributed by atoms with van der Waals surface area (Å²) in [5, 5.41) is 12.0. The second-order valence-electron chi connectivity index (χ2n) is 5.89. The Labute approximate surface area is 152 Å². The molecule has 0 unspecified atom stereocenters. The summed E-state index contributed by atoms with van der Waals surface area (Å²) in [6.07, 6.45) is 2.35. The minimum absolute atomic E-state index is 0.0381. The molecule has 0 amide bonds. The fourth-order valence-electron chi connectivity index (χ4n) is 2.80. The van der Waals surface area contributed by atoms with Gasteiger partial charge in [0.2, 0.25) is 0 Å². The van der Waals surface area contributed by atoms with E-state index >= 15 is 0 Å².